The van der Waals surface area contributed by atoms with Gasteiger partial charge in [-0.05, 0) is 55.4 Å². The quantitative estimate of drug-likeness (QED) is 0.774. The van der Waals surface area contributed by atoms with Gasteiger partial charge in [0.2, 0.25) is 0 Å². The highest BCUT2D eigenvalue weighted by molar-refractivity contribution is 9.10. The second-order valence-corrected chi connectivity index (χ2v) is 6.85. The third kappa shape index (κ3) is 3.58. The summed E-state index contributed by atoms with van der Waals surface area (Å²) in [6.07, 6.45) is 3.61. The average molecular weight is 375 g/mol. The first-order valence-electron chi connectivity index (χ1n) is 6.16. The molecule has 0 aromatic heterocycles. The van der Waals surface area contributed by atoms with Crippen LogP contribution in [0.2, 0.25) is 0 Å². The third-order valence-electron chi connectivity index (χ3n) is 3.51. The van der Waals surface area contributed by atoms with E-state index in [1.807, 2.05) is 25.1 Å². The number of amides is 1. The van der Waals surface area contributed by atoms with Crippen LogP contribution in [0, 0.1) is 12.3 Å². The highest BCUT2D eigenvalue weighted by Gasteiger charge is 2.41. The first-order valence-corrected chi connectivity index (χ1v) is 8.07. The van der Waals surface area contributed by atoms with E-state index in [4.69, 9.17) is 0 Å². The van der Waals surface area contributed by atoms with Crippen LogP contribution in [0.5, 0.6) is 0 Å². The normalized spacial score (nSPS) is 16.4. The van der Waals surface area contributed by atoms with Crippen LogP contribution in [0.4, 0.5) is 0 Å². The molecule has 1 N–H and O–H groups in total. The summed E-state index contributed by atoms with van der Waals surface area (Å²) in [5, 5.41) is 4.07. The lowest BCUT2D eigenvalue weighted by Crippen LogP contribution is -2.30. The molecule has 1 aliphatic carbocycles. The Hall–Kier alpha value is -0.350. The lowest BCUT2D eigenvalue weighted by Gasteiger charge is -2.14. The molecule has 1 aromatic rings. The summed E-state index contributed by atoms with van der Waals surface area (Å²) in [6.45, 7) is 2.79. The zero-order valence-corrected chi connectivity index (χ0v) is 13.6. The standard InChI is InChI=1S/C14H17Br2NO/c1-10-6-11(8-12(16)7-10)13(18)17-9-14(2-3-14)4-5-15/h6-8H,2-5,9H2,1H3,(H,17,18). The van der Waals surface area contributed by atoms with E-state index in [0.29, 0.717) is 5.41 Å². The first kappa shape index (κ1) is 14.1. The van der Waals surface area contributed by atoms with Crippen molar-refractivity contribution in [3.8, 4) is 0 Å². The van der Waals surface area contributed by atoms with Crippen LogP contribution in [0.15, 0.2) is 22.7 Å². The van der Waals surface area contributed by atoms with Gasteiger partial charge in [-0.25, -0.2) is 0 Å². The molecule has 0 atom stereocenters. The van der Waals surface area contributed by atoms with E-state index in [2.05, 4.69) is 37.2 Å². The summed E-state index contributed by atoms with van der Waals surface area (Å²) in [5.41, 5.74) is 2.19. The van der Waals surface area contributed by atoms with Crippen molar-refractivity contribution in [1.29, 1.82) is 0 Å². The van der Waals surface area contributed by atoms with Crippen molar-refractivity contribution in [3.63, 3.8) is 0 Å². The van der Waals surface area contributed by atoms with Gasteiger partial charge in [0.25, 0.3) is 5.91 Å². The highest BCUT2D eigenvalue weighted by atomic mass is 79.9. The van der Waals surface area contributed by atoms with Crippen molar-refractivity contribution in [2.24, 2.45) is 5.41 Å². The van der Waals surface area contributed by atoms with Gasteiger partial charge in [-0.1, -0.05) is 31.9 Å². The molecule has 0 radical (unpaired) electrons. The van der Waals surface area contributed by atoms with Crippen molar-refractivity contribution in [1.82, 2.24) is 5.32 Å². The Morgan fingerprint density at radius 2 is 2.11 bits per heavy atom. The second kappa shape index (κ2) is 5.74. The Morgan fingerprint density at radius 3 is 2.67 bits per heavy atom. The molecular formula is C14H17Br2NO. The Bertz CT molecular complexity index is 435. The van der Waals surface area contributed by atoms with Crippen molar-refractivity contribution < 1.29 is 4.79 Å². The summed E-state index contributed by atoms with van der Waals surface area (Å²) in [6, 6.07) is 5.79. The van der Waals surface area contributed by atoms with Gasteiger partial charge in [-0.15, -0.1) is 0 Å². The summed E-state index contributed by atoms with van der Waals surface area (Å²) in [7, 11) is 0. The summed E-state index contributed by atoms with van der Waals surface area (Å²) < 4.78 is 0.953. The number of carbonyl (C=O) groups is 1. The van der Waals surface area contributed by atoms with Gasteiger partial charge in [-0.2, -0.15) is 0 Å². The van der Waals surface area contributed by atoms with Crippen molar-refractivity contribution in [2.75, 3.05) is 11.9 Å². The van der Waals surface area contributed by atoms with Crippen LogP contribution in [-0.2, 0) is 0 Å². The maximum atomic E-state index is 12.1. The van der Waals surface area contributed by atoms with E-state index in [9.17, 15) is 4.79 Å². The van der Waals surface area contributed by atoms with Gasteiger partial charge >= 0.3 is 0 Å². The van der Waals surface area contributed by atoms with Gasteiger partial charge in [-0.3, -0.25) is 4.79 Å². The van der Waals surface area contributed by atoms with Crippen LogP contribution < -0.4 is 5.32 Å². The zero-order valence-electron chi connectivity index (χ0n) is 10.4. The molecule has 1 aliphatic rings. The number of carbonyl (C=O) groups excluding carboxylic acids is 1. The minimum absolute atomic E-state index is 0.0280. The fraction of sp³-hybridized carbons (Fsp3) is 0.500. The molecule has 0 unspecified atom stereocenters. The van der Waals surface area contributed by atoms with Crippen LogP contribution in [-0.4, -0.2) is 17.8 Å². The van der Waals surface area contributed by atoms with Gasteiger partial charge in [0.05, 0.1) is 0 Å². The van der Waals surface area contributed by atoms with Crippen molar-refractivity contribution in [2.45, 2.75) is 26.2 Å². The number of benzene rings is 1. The topological polar surface area (TPSA) is 29.1 Å². The first-order chi connectivity index (χ1) is 8.54. The molecule has 0 heterocycles. The van der Waals surface area contributed by atoms with Crippen LogP contribution in [0.25, 0.3) is 0 Å². The van der Waals surface area contributed by atoms with Gasteiger partial charge in [0, 0.05) is 21.9 Å². The summed E-state index contributed by atoms with van der Waals surface area (Å²) >= 11 is 6.90. The largest absolute Gasteiger partial charge is 0.351 e. The van der Waals surface area contributed by atoms with Crippen molar-refractivity contribution in [3.05, 3.63) is 33.8 Å². The Balaban J connectivity index is 1.95. The molecule has 98 valence electrons. The fourth-order valence-corrected chi connectivity index (χ4v) is 3.58. The predicted octanol–water partition coefficient (Wildman–Crippen LogP) is 4.05. The molecule has 0 spiro atoms. The number of hydrogen-bond donors (Lipinski definition) is 1. The maximum absolute atomic E-state index is 12.1. The molecule has 1 fully saturated rings. The Kier molecular flexibility index (Phi) is 4.49. The lowest BCUT2D eigenvalue weighted by atomic mass is 10.0. The number of nitrogens with one attached hydrogen (secondary N) is 1. The fourth-order valence-electron chi connectivity index (χ4n) is 2.13. The van der Waals surface area contributed by atoms with Crippen LogP contribution >= 0.6 is 31.9 Å². The van der Waals surface area contributed by atoms with E-state index in [0.717, 1.165) is 33.9 Å². The molecule has 2 rings (SSSR count). The average Bonchev–Trinajstić information content (AvgIpc) is 3.06. The Morgan fingerprint density at radius 1 is 1.39 bits per heavy atom. The van der Waals surface area contributed by atoms with Gasteiger partial charge in [0.15, 0.2) is 0 Å². The predicted molar refractivity (Wildman–Crippen MR) is 81.3 cm³/mol. The number of hydrogen-bond acceptors (Lipinski definition) is 1. The van der Waals surface area contributed by atoms with Gasteiger partial charge < -0.3 is 5.32 Å². The van der Waals surface area contributed by atoms with Crippen molar-refractivity contribution >= 4 is 37.8 Å². The summed E-state index contributed by atoms with van der Waals surface area (Å²) in [4.78, 5) is 12.1. The number of alkyl halides is 1. The molecule has 0 aliphatic heterocycles. The molecule has 1 aromatic carbocycles. The van der Waals surface area contributed by atoms with E-state index in [1.165, 1.54) is 12.8 Å². The second-order valence-electron chi connectivity index (χ2n) is 5.14. The zero-order chi connectivity index (χ0) is 13.2. The van der Waals surface area contributed by atoms with Gasteiger partial charge in [0.1, 0.15) is 0 Å². The molecule has 2 nitrogen and oxygen atoms in total. The molecular weight excluding hydrogens is 358 g/mol. The van der Waals surface area contributed by atoms with Crippen LogP contribution in [0.1, 0.15) is 35.2 Å². The smallest absolute Gasteiger partial charge is 0.251 e. The van der Waals surface area contributed by atoms with E-state index in [1.54, 1.807) is 0 Å². The molecule has 0 bridgehead atoms. The van der Waals surface area contributed by atoms with E-state index < -0.39 is 0 Å². The Labute approximate surface area is 125 Å². The lowest BCUT2D eigenvalue weighted by molar-refractivity contribution is 0.0944. The van der Waals surface area contributed by atoms with E-state index in [-0.39, 0.29) is 5.91 Å². The monoisotopic (exact) mass is 373 g/mol. The molecule has 0 saturated heterocycles. The minimum Gasteiger partial charge on any atom is -0.351 e. The third-order valence-corrected chi connectivity index (χ3v) is 4.36. The number of aryl methyl sites for hydroxylation is 1. The molecule has 18 heavy (non-hydrogen) atoms. The van der Waals surface area contributed by atoms with E-state index >= 15 is 0 Å². The number of rotatable bonds is 5. The summed E-state index contributed by atoms with van der Waals surface area (Å²) in [5.74, 6) is 0.0280. The van der Waals surface area contributed by atoms with Crippen LogP contribution in [0.3, 0.4) is 0 Å². The molecule has 1 saturated carbocycles. The SMILES string of the molecule is Cc1cc(Br)cc(C(=O)NCC2(CCBr)CC2)c1. The number of halogens is 2. The minimum atomic E-state index is 0.0280. The molecule has 1 amide bonds. The highest BCUT2D eigenvalue weighted by Crippen LogP contribution is 2.48. The molecule has 4 heteroatoms. The maximum Gasteiger partial charge on any atom is 0.251 e.